The lowest BCUT2D eigenvalue weighted by Gasteiger charge is -2.21. The van der Waals surface area contributed by atoms with E-state index < -0.39 is 10.0 Å². The van der Waals surface area contributed by atoms with Gasteiger partial charge in [0.25, 0.3) is 0 Å². The van der Waals surface area contributed by atoms with Gasteiger partial charge >= 0.3 is 6.03 Å². The van der Waals surface area contributed by atoms with E-state index in [4.69, 9.17) is 5.14 Å². The lowest BCUT2D eigenvalue weighted by molar-refractivity contribution is 0.213. The number of nitrogens with one attached hydrogen (secondary N) is 1. The summed E-state index contributed by atoms with van der Waals surface area (Å²) in [6, 6.07) is 5.82. The van der Waals surface area contributed by atoms with E-state index in [-0.39, 0.29) is 10.9 Å². The lowest BCUT2D eigenvalue weighted by atomic mass is 9.96. The van der Waals surface area contributed by atoms with Gasteiger partial charge in [-0.15, -0.1) is 0 Å². The Morgan fingerprint density at radius 3 is 2.83 bits per heavy atom. The minimum Gasteiger partial charge on any atom is -0.325 e. The van der Waals surface area contributed by atoms with Crippen LogP contribution < -0.4 is 10.5 Å². The number of amides is 2. The van der Waals surface area contributed by atoms with Gasteiger partial charge in [-0.1, -0.05) is 25.8 Å². The molecule has 2 rings (SSSR count). The van der Waals surface area contributed by atoms with Crippen molar-refractivity contribution in [2.75, 3.05) is 18.4 Å². The zero-order valence-corrected chi connectivity index (χ0v) is 14.3. The fraction of sp³-hybridized carbons (Fsp3) is 0.562. The van der Waals surface area contributed by atoms with E-state index in [2.05, 4.69) is 12.2 Å². The Labute approximate surface area is 138 Å². The molecule has 3 N–H and O–H groups in total. The van der Waals surface area contributed by atoms with Crippen LogP contribution in [-0.4, -0.2) is 32.4 Å². The van der Waals surface area contributed by atoms with Crippen molar-refractivity contribution < 1.29 is 13.2 Å². The van der Waals surface area contributed by atoms with Crippen molar-refractivity contribution in [3.05, 3.63) is 24.3 Å². The van der Waals surface area contributed by atoms with Crippen LogP contribution in [0.4, 0.5) is 10.5 Å². The highest BCUT2D eigenvalue weighted by Gasteiger charge is 2.20. The highest BCUT2D eigenvalue weighted by Crippen LogP contribution is 2.22. The number of sulfonamides is 1. The van der Waals surface area contributed by atoms with Gasteiger partial charge in [0.1, 0.15) is 0 Å². The van der Waals surface area contributed by atoms with Gasteiger partial charge in [0, 0.05) is 18.8 Å². The molecule has 23 heavy (non-hydrogen) atoms. The molecule has 1 heterocycles. The van der Waals surface area contributed by atoms with Crippen LogP contribution in [0, 0.1) is 5.92 Å². The van der Waals surface area contributed by atoms with Crippen LogP contribution >= 0.6 is 0 Å². The summed E-state index contributed by atoms with van der Waals surface area (Å²) in [7, 11) is -3.77. The molecule has 0 saturated carbocycles. The molecule has 0 aromatic heterocycles. The number of hydrogen-bond donors (Lipinski definition) is 2. The molecule has 7 heteroatoms. The molecule has 0 radical (unpaired) electrons. The number of carbonyl (C=O) groups excluding carboxylic acids is 1. The van der Waals surface area contributed by atoms with Crippen LogP contribution in [0.15, 0.2) is 29.2 Å². The summed E-state index contributed by atoms with van der Waals surface area (Å²) in [5, 5.41) is 7.88. The number of nitrogens with zero attached hydrogens (tertiary/aromatic N) is 1. The van der Waals surface area contributed by atoms with Crippen molar-refractivity contribution in [1.29, 1.82) is 0 Å². The fourth-order valence-corrected chi connectivity index (χ4v) is 3.58. The average molecular weight is 339 g/mol. The maximum absolute atomic E-state index is 12.4. The van der Waals surface area contributed by atoms with Gasteiger partial charge in [-0.3, -0.25) is 0 Å². The van der Waals surface area contributed by atoms with Crippen molar-refractivity contribution in [2.45, 2.75) is 43.9 Å². The summed E-state index contributed by atoms with van der Waals surface area (Å²) in [5.41, 5.74) is 0.441. The Balaban J connectivity index is 1.99. The van der Waals surface area contributed by atoms with Crippen molar-refractivity contribution in [3.8, 4) is 0 Å². The zero-order valence-electron chi connectivity index (χ0n) is 13.5. The van der Waals surface area contributed by atoms with Gasteiger partial charge < -0.3 is 10.2 Å². The first kappa shape index (κ1) is 17.7. The second-order valence-electron chi connectivity index (χ2n) is 6.08. The molecule has 1 unspecified atom stereocenters. The molecule has 6 nitrogen and oxygen atoms in total. The number of hydrogen-bond acceptors (Lipinski definition) is 3. The molecule has 0 bridgehead atoms. The molecular formula is C16H25N3O3S. The summed E-state index contributed by atoms with van der Waals surface area (Å²) >= 11 is 0. The van der Waals surface area contributed by atoms with E-state index >= 15 is 0 Å². The average Bonchev–Trinajstić information content (AvgIpc) is 2.73. The minimum absolute atomic E-state index is 0.00539. The van der Waals surface area contributed by atoms with E-state index in [0.29, 0.717) is 11.6 Å². The topological polar surface area (TPSA) is 92.5 Å². The molecule has 1 aromatic carbocycles. The molecule has 0 spiro atoms. The molecule has 1 saturated heterocycles. The Kier molecular flexibility index (Phi) is 6.01. The van der Waals surface area contributed by atoms with Gasteiger partial charge in [-0.05, 0) is 43.4 Å². The first-order valence-corrected chi connectivity index (χ1v) is 9.63. The lowest BCUT2D eigenvalue weighted by Crippen LogP contribution is -2.35. The number of anilines is 1. The van der Waals surface area contributed by atoms with Crippen molar-refractivity contribution in [3.63, 3.8) is 0 Å². The second-order valence-corrected chi connectivity index (χ2v) is 7.64. The van der Waals surface area contributed by atoms with E-state index in [1.165, 1.54) is 31.4 Å². The number of urea groups is 1. The Morgan fingerprint density at radius 1 is 1.35 bits per heavy atom. The molecule has 2 amide bonds. The number of nitrogens with two attached hydrogens (primary N) is 1. The molecule has 1 aliphatic heterocycles. The first-order chi connectivity index (χ1) is 10.9. The van der Waals surface area contributed by atoms with Crippen LogP contribution in [0.1, 0.15) is 39.0 Å². The van der Waals surface area contributed by atoms with Crippen molar-refractivity contribution >= 4 is 21.7 Å². The van der Waals surface area contributed by atoms with Crippen LogP contribution in [-0.2, 0) is 10.0 Å². The predicted octanol–water partition coefficient (Wildman–Crippen LogP) is 2.77. The molecule has 1 aliphatic rings. The van der Waals surface area contributed by atoms with Gasteiger partial charge in [-0.2, -0.15) is 0 Å². The predicted molar refractivity (Wildman–Crippen MR) is 90.7 cm³/mol. The number of likely N-dealkylation sites (tertiary alicyclic amines) is 1. The quantitative estimate of drug-likeness (QED) is 0.883. The molecule has 1 aromatic rings. The highest BCUT2D eigenvalue weighted by molar-refractivity contribution is 7.89. The van der Waals surface area contributed by atoms with E-state index in [0.717, 1.165) is 25.9 Å². The molecule has 0 aliphatic carbocycles. The highest BCUT2D eigenvalue weighted by atomic mass is 32.2. The summed E-state index contributed by atoms with van der Waals surface area (Å²) in [4.78, 5) is 14.2. The van der Waals surface area contributed by atoms with Gasteiger partial charge in [-0.25, -0.2) is 18.4 Å². The third-order valence-corrected chi connectivity index (χ3v) is 5.16. The normalized spacial score (nSPS) is 19.2. The minimum atomic E-state index is -3.77. The summed E-state index contributed by atoms with van der Waals surface area (Å²) in [5.74, 6) is 0.698. The number of benzene rings is 1. The second kappa shape index (κ2) is 7.79. The number of carbonyl (C=O) groups is 1. The maximum atomic E-state index is 12.4. The van der Waals surface area contributed by atoms with Gasteiger partial charge in [0.2, 0.25) is 10.0 Å². The zero-order chi connectivity index (χ0) is 16.9. The summed E-state index contributed by atoms with van der Waals surface area (Å²) in [6.45, 7) is 3.67. The van der Waals surface area contributed by atoms with Crippen LogP contribution in [0.2, 0.25) is 0 Å². The van der Waals surface area contributed by atoms with E-state index in [1.807, 2.05) is 0 Å². The third kappa shape index (κ3) is 5.21. The Bertz CT molecular complexity index is 646. The Morgan fingerprint density at radius 2 is 2.13 bits per heavy atom. The molecule has 1 atom stereocenters. The largest absolute Gasteiger partial charge is 0.325 e. The maximum Gasteiger partial charge on any atom is 0.321 e. The monoisotopic (exact) mass is 339 g/mol. The summed E-state index contributed by atoms with van der Waals surface area (Å²) in [6.07, 6.45) is 5.59. The van der Waals surface area contributed by atoms with E-state index in [9.17, 15) is 13.2 Å². The van der Waals surface area contributed by atoms with Crippen molar-refractivity contribution in [1.82, 2.24) is 4.90 Å². The Hall–Kier alpha value is -1.60. The number of primary sulfonamides is 1. The first-order valence-electron chi connectivity index (χ1n) is 8.09. The van der Waals surface area contributed by atoms with Crippen LogP contribution in [0.25, 0.3) is 0 Å². The smallest absolute Gasteiger partial charge is 0.321 e. The molecular weight excluding hydrogens is 314 g/mol. The van der Waals surface area contributed by atoms with Crippen molar-refractivity contribution in [2.24, 2.45) is 11.1 Å². The van der Waals surface area contributed by atoms with Gasteiger partial charge in [0.05, 0.1) is 4.90 Å². The molecule has 128 valence electrons. The third-order valence-electron chi connectivity index (χ3n) is 4.25. The SMILES string of the molecule is CCCC1CCCN(C(=O)Nc2cccc(S(N)(=O)=O)c2)CC1. The summed E-state index contributed by atoms with van der Waals surface area (Å²) < 4.78 is 22.7. The number of rotatable bonds is 4. The fourth-order valence-electron chi connectivity index (χ4n) is 3.02. The molecule has 1 fully saturated rings. The van der Waals surface area contributed by atoms with Gasteiger partial charge in [0.15, 0.2) is 0 Å². The van der Waals surface area contributed by atoms with E-state index in [1.54, 1.807) is 17.0 Å². The van der Waals surface area contributed by atoms with Crippen LogP contribution in [0.3, 0.4) is 0 Å². The van der Waals surface area contributed by atoms with Crippen LogP contribution in [0.5, 0.6) is 0 Å². The standard InChI is InChI=1S/C16H25N3O3S/c1-2-5-13-6-4-10-19(11-9-13)16(20)18-14-7-3-8-15(12-14)23(17,21)22/h3,7-8,12-13H,2,4-6,9-11H2,1H3,(H,18,20)(H2,17,21,22).